The molecule has 0 saturated carbocycles. The molecule has 1 saturated heterocycles. The Morgan fingerprint density at radius 3 is 3.00 bits per heavy atom. The summed E-state index contributed by atoms with van der Waals surface area (Å²) in [5.41, 5.74) is -0.367. The van der Waals surface area contributed by atoms with Gasteiger partial charge in [0.25, 0.3) is 0 Å². The summed E-state index contributed by atoms with van der Waals surface area (Å²) in [7, 11) is 0. The van der Waals surface area contributed by atoms with Gasteiger partial charge in [-0.2, -0.15) is 4.98 Å². The molecule has 4 nitrogen and oxygen atoms in total. The fourth-order valence-electron chi connectivity index (χ4n) is 1.48. The zero-order valence-corrected chi connectivity index (χ0v) is 8.17. The van der Waals surface area contributed by atoms with Crippen molar-refractivity contribution in [1.82, 2.24) is 10.1 Å². The zero-order valence-electron chi connectivity index (χ0n) is 7.42. The van der Waals surface area contributed by atoms with Gasteiger partial charge in [0.1, 0.15) is 11.5 Å². The highest BCUT2D eigenvalue weighted by molar-refractivity contribution is 6.16. The lowest BCUT2D eigenvalue weighted by Crippen LogP contribution is -2.21. The minimum atomic E-state index is -0.367. The molecule has 0 radical (unpaired) electrons. The third-order valence-corrected chi connectivity index (χ3v) is 2.50. The Labute approximate surface area is 81.2 Å². The van der Waals surface area contributed by atoms with Gasteiger partial charge in [0.05, 0.1) is 0 Å². The van der Waals surface area contributed by atoms with Crippen molar-refractivity contribution < 1.29 is 9.26 Å². The van der Waals surface area contributed by atoms with E-state index in [9.17, 15) is 0 Å². The number of alkyl halides is 1. The summed E-state index contributed by atoms with van der Waals surface area (Å²) in [6, 6.07) is 0. The van der Waals surface area contributed by atoms with Crippen LogP contribution in [0.1, 0.15) is 31.5 Å². The minimum absolute atomic E-state index is 0.253. The lowest BCUT2D eigenvalue weighted by molar-refractivity contribution is 0.00768. The molecule has 0 aromatic carbocycles. The smallest absolute Gasteiger partial charge is 0.241 e. The Bertz CT molecular complexity index is 294. The van der Waals surface area contributed by atoms with Crippen LogP contribution in [-0.4, -0.2) is 16.7 Å². The second-order valence-corrected chi connectivity index (χ2v) is 3.60. The molecule has 1 atom stereocenters. The SMILES string of the molecule is CC1(c2noc(CCl)n2)CCCO1. The Morgan fingerprint density at radius 1 is 1.62 bits per heavy atom. The first-order valence-corrected chi connectivity index (χ1v) is 4.81. The summed E-state index contributed by atoms with van der Waals surface area (Å²) in [5, 5.41) is 3.85. The van der Waals surface area contributed by atoms with Crippen LogP contribution in [0.5, 0.6) is 0 Å². The van der Waals surface area contributed by atoms with E-state index in [4.69, 9.17) is 20.9 Å². The molecule has 13 heavy (non-hydrogen) atoms. The van der Waals surface area contributed by atoms with E-state index < -0.39 is 0 Å². The average Bonchev–Trinajstić information content (AvgIpc) is 2.72. The molecule has 1 aliphatic heterocycles. The summed E-state index contributed by atoms with van der Waals surface area (Å²) < 4.78 is 10.5. The van der Waals surface area contributed by atoms with Crippen LogP contribution in [-0.2, 0) is 16.2 Å². The number of aromatic nitrogens is 2. The van der Waals surface area contributed by atoms with Crippen molar-refractivity contribution in [3.05, 3.63) is 11.7 Å². The molecule has 2 heterocycles. The van der Waals surface area contributed by atoms with Gasteiger partial charge in [-0.3, -0.25) is 0 Å². The maximum Gasteiger partial charge on any atom is 0.241 e. The van der Waals surface area contributed by atoms with E-state index in [1.165, 1.54) is 0 Å². The quantitative estimate of drug-likeness (QED) is 0.687. The first-order chi connectivity index (χ1) is 6.24. The van der Waals surface area contributed by atoms with Gasteiger partial charge in [-0.15, -0.1) is 11.6 Å². The van der Waals surface area contributed by atoms with E-state index in [1.807, 2.05) is 6.92 Å². The maximum atomic E-state index is 5.56. The van der Waals surface area contributed by atoms with E-state index in [0.717, 1.165) is 19.4 Å². The molecule has 0 spiro atoms. The molecule has 1 aliphatic rings. The van der Waals surface area contributed by atoms with E-state index in [2.05, 4.69) is 10.1 Å². The predicted octanol–water partition coefficient (Wildman–Crippen LogP) is 1.83. The number of hydrogen-bond donors (Lipinski definition) is 0. The Hall–Kier alpha value is -0.610. The molecule has 1 unspecified atom stereocenters. The van der Waals surface area contributed by atoms with Crippen molar-refractivity contribution in [2.75, 3.05) is 6.61 Å². The Morgan fingerprint density at radius 2 is 2.46 bits per heavy atom. The highest BCUT2D eigenvalue weighted by Gasteiger charge is 2.36. The van der Waals surface area contributed by atoms with Gasteiger partial charge in [-0.1, -0.05) is 5.16 Å². The summed E-state index contributed by atoms with van der Waals surface area (Å²) in [6.07, 6.45) is 1.98. The molecule has 1 fully saturated rings. The topological polar surface area (TPSA) is 48.2 Å². The first-order valence-electron chi connectivity index (χ1n) is 4.27. The second-order valence-electron chi connectivity index (χ2n) is 3.33. The largest absolute Gasteiger partial charge is 0.367 e. The van der Waals surface area contributed by atoms with Gasteiger partial charge in [0.15, 0.2) is 0 Å². The van der Waals surface area contributed by atoms with E-state index in [1.54, 1.807) is 0 Å². The van der Waals surface area contributed by atoms with Gasteiger partial charge in [0, 0.05) is 6.61 Å². The fraction of sp³-hybridized carbons (Fsp3) is 0.750. The first kappa shape index (κ1) is 8.97. The third kappa shape index (κ3) is 1.56. The van der Waals surface area contributed by atoms with E-state index in [0.29, 0.717) is 11.7 Å². The number of rotatable bonds is 2. The molecule has 1 aromatic heterocycles. The zero-order chi connectivity index (χ0) is 9.31. The van der Waals surface area contributed by atoms with E-state index >= 15 is 0 Å². The van der Waals surface area contributed by atoms with Crippen molar-refractivity contribution in [2.45, 2.75) is 31.2 Å². The van der Waals surface area contributed by atoms with Gasteiger partial charge >= 0.3 is 0 Å². The molecule has 2 rings (SSSR count). The predicted molar refractivity (Wildman–Crippen MR) is 46.4 cm³/mol. The molecular formula is C8H11ClN2O2. The van der Waals surface area contributed by atoms with Gasteiger partial charge < -0.3 is 9.26 Å². The standard InChI is InChI=1S/C8H11ClN2O2/c1-8(3-2-4-12-8)7-10-6(5-9)13-11-7/h2-5H2,1H3. The van der Waals surface area contributed by atoms with Crippen LogP contribution in [0.25, 0.3) is 0 Å². The summed E-state index contributed by atoms with van der Waals surface area (Å²) in [4.78, 5) is 4.15. The van der Waals surface area contributed by atoms with Crippen LogP contribution < -0.4 is 0 Å². The summed E-state index contributed by atoms with van der Waals surface area (Å²) >= 11 is 5.56. The van der Waals surface area contributed by atoms with Gasteiger partial charge in [-0.05, 0) is 19.8 Å². The van der Waals surface area contributed by atoms with Crippen LogP contribution in [0.3, 0.4) is 0 Å². The number of hydrogen-bond acceptors (Lipinski definition) is 4. The van der Waals surface area contributed by atoms with Crippen molar-refractivity contribution in [3.8, 4) is 0 Å². The van der Waals surface area contributed by atoms with Crippen LogP contribution in [0, 0.1) is 0 Å². The van der Waals surface area contributed by atoms with E-state index in [-0.39, 0.29) is 11.5 Å². The lowest BCUT2D eigenvalue weighted by Gasteiger charge is -2.17. The van der Waals surface area contributed by atoms with Crippen molar-refractivity contribution in [2.24, 2.45) is 0 Å². The summed E-state index contributed by atoms with van der Waals surface area (Å²) in [6.45, 7) is 2.74. The summed E-state index contributed by atoms with van der Waals surface area (Å²) in [5.74, 6) is 1.32. The van der Waals surface area contributed by atoms with Gasteiger partial charge in [0.2, 0.25) is 11.7 Å². The minimum Gasteiger partial charge on any atom is -0.367 e. The highest BCUT2D eigenvalue weighted by Crippen LogP contribution is 2.33. The number of nitrogens with zero attached hydrogens (tertiary/aromatic N) is 2. The Balaban J connectivity index is 2.23. The molecule has 5 heteroatoms. The molecule has 0 bridgehead atoms. The molecule has 0 amide bonds. The fourth-order valence-corrected chi connectivity index (χ4v) is 1.59. The molecule has 0 aliphatic carbocycles. The average molecular weight is 203 g/mol. The Kier molecular flexibility index (Phi) is 2.26. The van der Waals surface area contributed by atoms with Crippen LogP contribution in [0.2, 0.25) is 0 Å². The second kappa shape index (κ2) is 3.27. The lowest BCUT2D eigenvalue weighted by atomic mass is 10.0. The van der Waals surface area contributed by atoms with Crippen molar-refractivity contribution >= 4 is 11.6 Å². The van der Waals surface area contributed by atoms with Gasteiger partial charge in [-0.25, -0.2) is 0 Å². The molecule has 72 valence electrons. The number of halogens is 1. The number of ether oxygens (including phenoxy) is 1. The molecular weight excluding hydrogens is 192 g/mol. The monoisotopic (exact) mass is 202 g/mol. The van der Waals surface area contributed by atoms with Crippen molar-refractivity contribution in [1.29, 1.82) is 0 Å². The maximum absolute atomic E-state index is 5.56. The van der Waals surface area contributed by atoms with Crippen LogP contribution in [0.15, 0.2) is 4.52 Å². The normalized spacial score (nSPS) is 28.2. The molecule has 1 aromatic rings. The molecule has 0 N–H and O–H groups in total. The van der Waals surface area contributed by atoms with Crippen molar-refractivity contribution in [3.63, 3.8) is 0 Å². The third-order valence-electron chi connectivity index (χ3n) is 2.27. The van der Waals surface area contributed by atoms with Crippen LogP contribution in [0.4, 0.5) is 0 Å². The van der Waals surface area contributed by atoms with Crippen LogP contribution >= 0.6 is 11.6 Å². The highest BCUT2D eigenvalue weighted by atomic mass is 35.5.